The molecule has 0 heterocycles. The Morgan fingerprint density at radius 3 is 2.69 bits per heavy atom. The zero-order chi connectivity index (χ0) is 18.7. The molecule has 1 aliphatic carbocycles. The number of hydrogen-bond donors (Lipinski definition) is 2. The highest BCUT2D eigenvalue weighted by molar-refractivity contribution is 5.89. The van der Waals surface area contributed by atoms with E-state index in [4.69, 9.17) is 0 Å². The van der Waals surface area contributed by atoms with Gasteiger partial charge in [0.05, 0.1) is 11.6 Å². The molecule has 0 bridgehead atoms. The molecule has 0 aliphatic heterocycles. The van der Waals surface area contributed by atoms with Crippen molar-refractivity contribution < 1.29 is 14.7 Å². The molecular weight excluding hydrogens is 326 g/mol. The van der Waals surface area contributed by atoms with E-state index in [1.807, 2.05) is 0 Å². The first kappa shape index (κ1) is 18.2. The lowest BCUT2D eigenvalue weighted by atomic mass is 9.97. The van der Waals surface area contributed by atoms with Crippen LogP contribution in [0.25, 0.3) is 0 Å². The Balaban J connectivity index is 1.64. The van der Waals surface area contributed by atoms with Gasteiger partial charge >= 0.3 is 5.97 Å². The minimum atomic E-state index is -0.952. The Hall–Kier alpha value is -2.62. The molecule has 0 fully saturated rings. The van der Waals surface area contributed by atoms with Crippen molar-refractivity contribution in [3.63, 3.8) is 0 Å². The molecule has 4 heteroatoms. The second-order valence-electron chi connectivity index (χ2n) is 7.23. The van der Waals surface area contributed by atoms with Crippen LogP contribution in [0.1, 0.15) is 71.3 Å². The molecule has 0 spiro atoms. The molecule has 3 rings (SSSR count). The molecule has 1 unspecified atom stereocenters. The van der Waals surface area contributed by atoms with Crippen LogP contribution >= 0.6 is 0 Å². The fraction of sp³-hybridized carbons (Fsp3) is 0.364. The Bertz CT molecular complexity index is 826. The van der Waals surface area contributed by atoms with Gasteiger partial charge in [-0.05, 0) is 53.5 Å². The van der Waals surface area contributed by atoms with Crippen molar-refractivity contribution >= 4 is 11.9 Å². The average Bonchev–Trinajstić information content (AvgIpc) is 3.02. The van der Waals surface area contributed by atoms with Gasteiger partial charge < -0.3 is 10.4 Å². The van der Waals surface area contributed by atoms with Crippen molar-refractivity contribution in [2.75, 3.05) is 0 Å². The molecule has 2 aromatic rings. The summed E-state index contributed by atoms with van der Waals surface area (Å²) in [6, 6.07) is 13.5. The van der Waals surface area contributed by atoms with Crippen LogP contribution in [0.2, 0.25) is 0 Å². The van der Waals surface area contributed by atoms with Crippen molar-refractivity contribution in [2.45, 2.75) is 51.5 Å². The van der Waals surface area contributed by atoms with Crippen LogP contribution in [0.3, 0.4) is 0 Å². The van der Waals surface area contributed by atoms with Crippen LogP contribution in [-0.2, 0) is 17.6 Å². The fourth-order valence-electron chi connectivity index (χ4n) is 3.59. The highest BCUT2D eigenvalue weighted by Gasteiger charge is 2.24. The minimum absolute atomic E-state index is 0.0296. The second kappa shape index (κ2) is 7.73. The Morgan fingerprint density at radius 1 is 1.19 bits per heavy atom. The summed E-state index contributed by atoms with van der Waals surface area (Å²) in [7, 11) is 0. The molecule has 0 aromatic heterocycles. The van der Waals surface area contributed by atoms with E-state index in [1.165, 1.54) is 16.7 Å². The maximum atomic E-state index is 12.4. The van der Waals surface area contributed by atoms with Crippen molar-refractivity contribution in [3.05, 3.63) is 70.3 Å². The number of nitrogens with one attached hydrogen (secondary N) is 1. The van der Waals surface area contributed by atoms with Gasteiger partial charge in [0, 0.05) is 6.42 Å². The van der Waals surface area contributed by atoms with Crippen molar-refractivity contribution in [3.8, 4) is 0 Å². The van der Waals surface area contributed by atoms with Crippen LogP contribution in [0.15, 0.2) is 42.5 Å². The number of aryl methyl sites for hydroxylation is 2. The van der Waals surface area contributed by atoms with E-state index in [1.54, 1.807) is 24.3 Å². The number of hydrogen-bond acceptors (Lipinski definition) is 2. The van der Waals surface area contributed by atoms with Gasteiger partial charge in [-0.1, -0.05) is 50.2 Å². The highest BCUT2D eigenvalue weighted by Crippen LogP contribution is 2.33. The molecule has 1 atom stereocenters. The van der Waals surface area contributed by atoms with E-state index in [2.05, 4.69) is 37.4 Å². The molecule has 0 radical (unpaired) electrons. The maximum absolute atomic E-state index is 12.4. The summed E-state index contributed by atoms with van der Waals surface area (Å²) < 4.78 is 0. The van der Waals surface area contributed by atoms with Gasteiger partial charge in [0.1, 0.15) is 0 Å². The maximum Gasteiger partial charge on any atom is 0.335 e. The topological polar surface area (TPSA) is 66.4 Å². The highest BCUT2D eigenvalue weighted by atomic mass is 16.4. The molecule has 0 saturated heterocycles. The summed E-state index contributed by atoms with van der Waals surface area (Å²) in [6.45, 7) is 4.34. The van der Waals surface area contributed by atoms with Crippen LogP contribution in [-0.4, -0.2) is 17.0 Å². The molecular formula is C22H25NO3. The van der Waals surface area contributed by atoms with Gasteiger partial charge in [0.2, 0.25) is 5.91 Å². The summed E-state index contributed by atoms with van der Waals surface area (Å²) in [5.41, 5.74) is 4.81. The second-order valence-corrected chi connectivity index (χ2v) is 7.23. The van der Waals surface area contributed by atoms with E-state index in [0.29, 0.717) is 24.3 Å². The van der Waals surface area contributed by atoms with Crippen LogP contribution in [0, 0.1) is 0 Å². The summed E-state index contributed by atoms with van der Waals surface area (Å²) in [6.07, 6.45) is 2.63. The zero-order valence-corrected chi connectivity index (χ0v) is 15.3. The standard InChI is InChI=1S/C22H25NO3/c1-14(2)17-8-7-16-9-11-20(19(16)13-17)23-21(24)12-10-15-5-3-4-6-18(15)22(25)26/h3-8,13-14,20H,9-12H2,1-2H3,(H,23,24)(H,25,26). The molecule has 136 valence electrons. The van der Waals surface area contributed by atoms with Gasteiger partial charge in [-0.3, -0.25) is 4.79 Å². The number of rotatable bonds is 6. The van der Waals surface area contributed by atoms with E-state index >= 15 is 0 Å². The number of amides is 1. The third-order valence-corrected chi connectivity index (χ3v) is 5.12. The predicted molar refractivity (Wildman–Crippen MR) is 101 cm³/mol. The van der Waals surface area contributed by atoms with Crippen LogP contribution in [0.4, 0.5) is 0 Å². The SMILES string of the molecule is CC(C)c1ccc2c(c1)C(NC(=O)CCc1ccccc1C(=O)O)CC2. The van der Waals surface area contributed by atoms with Gasteiger partial charge in [-0.2, -0.15) is 0 Å². The molecule has 0 saturated carbocycles. The summed E-state index contributed by atoms with van der Waals surface area (Å²) in [4.78, 5) is 23.7. The lowest BCUT2D eigenvalue weighted by Crippen LogP contribution is -2.27. The molecule has 2 aromatic carbocycles. The molecule has 26 heavy (non-hydrogen) atoms. The smallest absolute Gasteiger partial charge is 0.335 e. The average molecular weight is 351 g/mol. The summed E-state index contributed by atoms with van der Waals surface area (Å²) >= 11 is 0. The predicted octanol–water partition coefficient (Wildman–Crippen LogP) is 4.24. The first-order valence-corrected chi connectivity index (χ1v) is 9.19. The monoisotopic (exact) mass is 351 g/mol. The number of benzene rings is 2. The number of fused-ring (bicyclic) bond motifs is 1. The number of carboxylic acids is 1. The summed E-state index contributed by atoms with van der Waals surface area (Å²) in [5, 5.41) is 12.4. The normalized spacial score (nSPS) is 15.7. The third-order valence-electron chi connectivity index (χ3n) is 5.12. The van der Waals surface area contributed by atoms with Crippen molar-refractivity contribution in [1.29, 1.82) is 0 Å². The van der Waals surface area contributed by atoms with Gasteiger partial charge in [0.15, 0.2) is 0 Å². The zero-order valence-electron chi connectivity index (χ0n) is 15.3. The third kappa shape index (κ3) is 3.96. The lowest BCUT2D eigenvalue weighted by Gasteiger charge is -2.16. The molecule has 2 N–H and O–H groups in total. The molecule has 1 amide bonds. The number of carbonyl (C=O) groups excluding carboxylic acids is 1. The van der Waals surface area contributed by atoms with E-state index < -0.39 is 5.97 Å². The van der Waals surface area contributed by atoms with Crippen molar-refractivity contribution in [2.24, 2.45) is 0 Å². The fourth-order valence-corrected chi connectivity index (χ4v) is 3.59. The van der Waals surface area contributed by atoms with Crippen LogP contribution in [0.5, 0.6) is 0 Å². The Kier molecular flexibility index (Phi) is 5.40. The van der Waals surface area contributed by atoms with Crippen molar-refractivity contribution in [1.82, 2.24) is 5.32 Å². The van der Waals surface area contributed by atoms with E-state index in [0.717, 1.165) is 12.8 Å². The number of carboxylic acid groups (broad SMARTS) is 1. The quantitative estimate of drug-likeness (QED) is 0.818. The van der Waals surface area contributed by atoms with E-state index in [9.17, 15) is 14.7 Å². The van der Waals surface area contributed by atoms with Gasteiger partial charge in [-0.15, -0.1) is 0 Å². The first-order valence-electron chi connectivity index (χ1n) is 9.19. The minimum Gasteiger partial charge on any atom is -0.478 e. The van der Waals surface area contributed by atoms with Gasteiger partial charge in [0.25, 0.3) is 0 Å². The molecule has 1 aliphatic rings. The van der Waals surface area contributed by atoms with E-state index in [-0.39, 0.29) is 17.5 Å². The largest absolute Gasteiger partial charge is 0.478 e. The Morgan fingerprint density at radius 2 is 1.96 bits per heavy atom. The van der Waals surface area contributed by atoms with Crippen LogP contribution < -0.4 is 5.32 Å². The lowest BCUT2D eigenvalue weighted by molar-refractivity contribution is -0.121. The first-order chi connectivity index (χ1) is 12.5. The summed E-state index contributed by atoms with van der Waals surface area (Å²) in [5.74, 6) is -0.519. The number of carbonyl (C=O) groups is 2. The Labute approximate surface area is 154 Å². The number of aromatic carboxylic acids is 1. The van der Waals surface area contributed by atoms with Gasteiger partial charge in [-0.25, -0.2) is 4.79 Å². The molecule has 4 nitrogen and oxygen atoms in total.